The fourth-order valence-electron chi connectivity index (χ4n) is 12.2. The minimum Gasteiger partial charge on any atom is -0.462 e. The maximum Gasteiger partial charge on any atom is 0.472 e. The summed E-state index contributed by atoms with van der Waals surface area (Å²) in [6, 6.07) is 0. The quantitative estimate of drug-likeness (QED) is 0.0222. The molecule has 0 saturated heterocycles. The largest absolute Gasteiger partial charge is 0.472 e. The average molecular weight is 1440 g/mol. The molecule has 5 atom stereocenters. The van der Waals surface area contributed by atoms with Crippen LogP contribution in [0.15, 0.2) is 0 Å². The lowest BCUT2D eigenvalue weighted by Crippen LogP contribution is -2.30. The van der Waals surface area contributed by atoms with Crippen molar-refractivity contribution in [2.45, 2.75) is 432 Å². The molecule has 0 heterocycles. The van der Waals surface area contributed by atoms with Crippen LogP contribution in [0, 0.1) is 11.8 Å². The highest BCUT2D eigenvalue weighted by Crippen LogP contribution is 2.45. The number of hydrogen-bond donors (Lipinski definition) is 3. The zero-order valence-electron chi connectivity index (χ0n) is 64.1. The molecule has 0 radical (unpaired) electrons. The van der Waals surface area contributed by atoms with Crippen molar-refractivity contribution in [3.8, 4) is 0 Å². The average Bonchev–Trinajstić information content (AvgIpc) is 1.11. The molecule has 582 valence electrons. The SMILES string of the molecule is CCCCCCCCCCCCCCCCCCC(=O)OC[C@H](COP(=O)(O)OC[C@@H](O)COP(=O)(O)OC[C@@H](COC(=O)CCCCCCCCCCC)OC(=O)CCCCCCCCCCCCCCC(C)C)OC(=O)CCCCCCCCCCCCCCCCCC(C)C. The molecule has 98 heavy (non-hydrogen) atoms. The minimum absolute atomic E-state index is 0.107. The predicted octanol–water partition coefficient (Wildman–Crippen LogP) is 23.5. The first-order valence-electron chi connectivity index (χ1n) is 41.0. The Hall–Kier alpha value is -1.94. The molecule has 19 heteroatoms. The number of rotatable bonds is 78. The molecule has 0 aliphatic rings. The fraction of sp³-hybridized carbons (Fsp3) is 0.949. The third-order valence-electron chi connectivity index (χ3n) is 18.5. The third-order valence-corrected chi connectivity index (χ3v) is 20.4. The number of aliphatic hydroxyl groups is 1. The molecule has 0 bridgehead atoms. The Morgan fingerprint density at radius 1 is 0.276 bits per heavy atom. The van der Waals surface area contributed by atoms with Crippen LogP contribution in [0.5, 0.6) is 0 Å². The van der Waals surface area contributed by atoms with Crippen molar-refractivity contribution in [2.75, 3.05) is 39.6 Å². The van der Waals surface area contributed by atoms with Crippen LogP contribution in [0.4, 0.5) is 0 Å². The number of phosphoric acid groups is 2. The second-order valence-electron chi connectivity index (χ2n) is 29.4. The summed E-state index contributed by atoms with van der Waals surface area (Å²) >= 11 is 0. The van der Waals surface area contributed by atoms with Crippen LogP contribution >= 0.6 is 15.6 Å². The van der Waals surface area contributed by atoms with E-state index in [2.05, 4.69) is 41.5 Å². The molecule has 0 aromatic rings. The van der Waals surface area contributed by atoms with E-state index < -0.39 is 97.5 Å². The van der Waals surface area contributed by atoms with Crippen molar-refractivity contribution in [1.29, 1.82) is 0 Å². The van der Waals surface area contributed by atoms with Gasteiger partial charge in [-0.05, 0) is 37.5 Å². The van der Waals surface area contributed by atoms with Gasteiger partial charge in [-0.3, -0.25) is 37.3 Å². The molecular weight excluding hydrogens is 1280 g/mol. The van der Waals surface area contributed by atoms with Gasteiger partial charge in [0.15, 0.2) is 12.2 Å². The van der Waals surface area contributed by atoms with Gasteiger partial charge in [0, 0.05) is 25.7 Å². The fourth-order valence-corrected chi connectivity index (χ4v) is 13.8. The van der Waals surface area contributed by atoms with E-state index in [-0.39, 0.29) is 25.7 Å². The normalized spacial score (nSPS) is 13.9. The van der Waals surface area contributed by atoms with Crippen molar-refractivity contribution < 1.29 is 80.2 Å². The number of carbonyl (C=O) groups excluding carboxylic acids is 4. The number of hydrogen-bond acceptors (Lipinski definition) is 15. The van der Waals surface area contributed by atoms with Crippen LogP contribution < -0.4 is 0 Å². The summed E-state index contributed by atoms with van der Waals surface area (Å²) in [5.41, 5.74) is 0. The van der Waals surface area contributed by atoms with Crippen molar-refractivity contribution in [2.24, 2.45) is 11.8 Å². The molecule has 0 aromatic heterocycles. The van der Waals surface area contributed by atoms with E-state index in [0.717, 1.165) is 102 Å². The van der Waals surface area contributed by atoms with Crippen molar-refractivity contribution in [3.05, 3.63) is 0 Å². The number of phosphoric ester groups is 2. The first-order valence-corrected chi connectivity index (χ1v) is 44.0. The standard InChI is InChI=1S/C79H154O17P2/c1-7-9-11-13-15-17-18-19-20-23-26-32-38-44-50-56-62-77(82)90-68-75(96-78(83)63-57-51-45-39-33-27-24-21-22-25-30-36-41-47-53-59-71(3)4)70-94-98(87,88)92-66-73(80)65-91-97(85,86)93-69-74(67-89-76(81)61-55-49-43-35-16-14-12-10-8-2)95-79(84)64-58-52-46-40-34-29-28-31-37-42-48-54-60-72(5)6/h71-75,80H,7-70H2,1-6H3,(H,85,86)(H,87,88)/t73-,74+,75+/m0/s1. The molecule has 2 unspecified atom stereocenters. The van der Waals surface area contributed by atoms with Crippen LogP contribution in [0.25, 0.3) is 0 Å². The Bertz CT molecular complexity index is 1890. The molecule has 0 rings (SSSR count). The number of esters is 4. The Morgan fingerprint density at radius 2 is 0.469 bits per heavy atom. The van der Waals surface area contributed by atoms with Crippen molar-refractivity contribution in [1.82, 2.24) is 0 Å². The van der Waals surface area contributed by atoms with Crippen LogP contribution in [0.1, 0.15) is 414 Å². The number of unbranched alkanes of at least 4 members (excludes halogenated alkanes) is 48. The van der Waals surface area contributed by atoms with Gasteiger partial charge < -0.3 is 33.8 Å². The highest BCUT2D eigenvalue weighted by molar-refractivity contribution is 7.47. The van der Waals surface area contributed by atoms with Crippen LogP contribution in [-0.4, -0.2) is 96.7 Å². The van der Waals surface area contributed by atoms with E-state index >= 15 is 0 Å². The summed E-state index contributed by atoms with van der Waals surface area (Å²) < 4.78 is 68.6. The summed E-state index contributed by atoms with van der Waals surface area (Å²) in [6.45, 7) is 9.65. The zero-order chi connectivity index (χ0) is 72.1. The van der Waals surface area contributed by atoms with Crippen LogP contribution in [0.2, 0.25) is 0 Å². The summed E-state index contributed by atoms with van der Waals surface area (Å²) in [7, 11) is -9.91. The smallest absolute Gasteiger partial charge is 0.462 e. The molecular formula is C79H154O17P2. The Morgan fingerprint density at radius 3 is 0.694 bits per heavy atom. The van der Waals surface area contributed by atoms with E-state index in [9.17, 15) is 43.2 Å². The van der Waals surface area contributed by atoms with Crippen molar-refractivity contribution in [3.63, 3.8) is 0 Å². The predicted molar refractivity (Wildman–Crippen MR) is 400 cm³/mol. The Labute approximate surface area is 600 Å². The third kappa shape index (κ3) is 72.4. The summed E-state index contributed by atoms with van der Waals surface area (Å²) in [4.78, 5) is 72.9. The topological polar surface area (TPSA) is 237 Å². The molecule has 0 aromatic carbocycles. The molecule has 3 N–H and O–H groups in total. The Kier molecular flexibility index (Phi) is 69.3. The van der Waals surface area contributed by atoms with Crippen LogP contribution in [-0.2, 0) is 65.4 Å². The van der Waals surface area contributed by atoms with E-state index in [0.29, 0.717) is 25.7 Å². The first kappa shape index (κ1) is 96.1. The van der Waals surface area contributed by atoms with Gasteiger partial charge in [-0.1, -0.05) is 363 Å². The monoisotopic (exact) mass is 1440 g/mol. The van der Waals surface area contributed by atoms with Gasteiger partial charge in [-0.2, -0.15) is 0 Å². The maximum atomic E-state index is 13.1. The molecule has 0 aliphatic heterocycles. The number of carbonyl (C=O) groups is 4. The second kappa shape index (κ2) is 70.7. The molecule has 17 nitrogen and oxygen atoms in total. The van der Waals surface area contributed by atoms with E-state index in [4.69, 9.17) is 37.0 Å². The lowest BCUT2D eigenvalue weighted by Gasteiger charge is -2.21. The van der Waals surface area contributed by atoms with Crippen molar-refractivity contribution >= 4 is 39.5 Å². The van der Waals surface area contributed by atoms with Gasteiger partial charge in [0.05, 0.1) is 26.4 Å². The number of ether oxygens (including phenoxy) is 4. The molecule has 0 fully saturated rings. The lowest BCUT2D eigenvalue weighted by molar-refractivity contribution is -0.161. The summed E-state index contributed by atoms with van der Waals surface area (Å²) in [6.07, 6.45) is 59.6. The molecule has 0 saturated carbocycles. The number of aliphatic hydroxyl groups excluding tert-OH is 1. The molecule has 0 aliphatic carbocycles. The van der Waals surface area contributed by atoms with E-state index in [1.54, 1.807) is 0 Å². The van der Waals surface area contributed by atoms with Gasteiger partial charge in [0.25, 0.3) is 0 Å². The zero-order valence-corrected chi connectivity index (χ0v) is 65.9. The summed E-state index contributed by atoms with van der Waals surface area (Å²) in [5.74, 6) is -0.531. The highest BCUT2D eigenvalue weighted by atomic mass is 31.2. The van der Waals surface area contributed by atoms with Gasteiger partial charge in [0.2, 0.25) is 0 Å². The van der Waals surface area contributed by atoms with Gasteiger partial charge in [-0.15, -0.1) is 0 Å². The summed E-state index contributed by atoms with van der Waals surface area (Å²) in [5, 5.41) is 10.6. The van der Waals surface area contributed by atoms with E-state index in [1.165, 1.54) is 231 Å². The first-order chi connectivity index (χ1) is 47.4. The highest BCUT2D eigenvalue weighted by Gasteiger charge is 2.30. The van der Waals surface area contributed by atoms with Gasteiger partial charge in [-0.25, -0.2) is 9.13 Å². The van der Waals surface area contributed by atoms with Gasteiger partial charge in [0.1, 0.15) is 19.3 Å². The van der Waals surface area contributed by atoms with Crippen LogP contribution in [0.3, 0.4) is 0 Å². The molecule has 0 amide bonds. The van der Waals surface area contributed by atoms with E-state index in [1.807, 2.05) is 0 Å². The second-order valence-corrected chi connectivity index (χ2v) is 32.3. The van der Waals surface area contributed by atoms with Gasteiger partial charge >= 0.3 is 39.5 Å². The maximum absolute atomic E-state index is 13.1. The molecule has 0 spiro atoms. The Balaban J connectivity index is 5.23. The lowest BCUT2D eigenvalue weighted by atomic mass is 10.0. The minimum atomic E-state index is -4.96.